The smallest absolute Gasteiger partial charge is 0.387 e. The van der Waals surface area contributed by atoms with Gasteiger partial charge < -0.3 is 14.4 Å². The number of ether oxygens (including phenoxy) is 2. The van der Waals surface area contributed by atoms with Gasteiger partial charge in [-0.2, -0.15) is 8.78 Å². The lowest BCUT2D eigenvalue weighted by Gasteiger charge is -2.17. The van der Waals surface area contributed by atoms with E-state index in [1.807, 2.05) is 0 Å². The van der Waals surface area contributed by atoms with Gasteiger partial charge in [-0.1, -0.05) is 23.7 Å². The maximum atomic E-state index is 12.3. The van der Waals surface area contributed by atoms with Crippen LogP contribution in [-0.2, 0) is 26.1 Å². The van der Waals surface area contributed by atoms with Crippen molar-refractivity contribution in [3.8, 4) is 5.75 Å². The summed E-state index contributed by atoms with van der Waals surface area (Å²) in [7, 11) is -1.12. The Balaban J connectivity index is 1.97. The molecule has 0 aliphatic rings. The number of hydrogen-bond donors (Lipinski definition) is 1. The van der Waals surface area contributed by atoms with Crippen LogP contribution >= 0.6 is 11.6 Å². The normalized spacial score (nSPS) is 11.3. The van der Waals surface area contributed by atoms with E-state index in [-0.39, 0.29) is 27.8 Å². The van der Waals surface area contributed by atoms with Crippen molar-refractivity contribution in [3.05, 3.63) is 58.6 Å². The van der Waals surface area contributed by atoms with Gasteiger partial charge in [-0.15, -0.1) is 0 Å². The van der Waals surface area contributed by atoms with Crippen molar-refractivity contribution in [2.75, 3.05) is 20.7 Å². The number of amides is 1. The first-order valence-corrected chi connectivity index (χ1v) is 10.6. The maximum Gasteiger partial charge on any atom is 0.387 e. The standard InChI is InChI=1S/C19H19ClF2N2O6S/c1-23-31(27,28)14-7-8-16(20)15(9-14)18(26)29-11-17(25)24(2)10-12-3-5-13(6-4-12)30-19(21)22/h3-9,19,23H,10-11H2,1-2H3. The van der Waals surface area contributed by atoms with Crippen LogP contribution in [0.3, 0.4) is 0 Å². The Morgan fingerprint density at radius 1 is 1.16 bits per heavy atom. The summed E-state index contributed by atoms with van der Waals surface area (Å²) in [5.41, 5.74) is 0.430. The van der Waals surface area contributed by atoms with E-state index >= 15 is 0 Å². The molecule has 8 nitrogen and oxygen atoms in total. The van der Waals surface area contributed by atoms with Gasteiger partial charge in [-0.3, -0.25) is 4.79 Å². The average molecular weight is 477 g/mol. The van der Waals surface area contributed by atoms with Crippen LogP contribution in [0.25, 0.3) is 0 Å². The zero-order valence-corrected chi connectivity index (χ0v) is 18.0. The van der Waals surface area contributed by atoms with Crippen LogP contribution in [0.4, 0.5) is 8.78 Å². The third kappa shape index (κ3) is 6.88. The van der Waals surface area contributed by atoms with E-state index in [4.69, 9.17) is 16.3 Å². The van der Waals surface area contributed by atoms with E-state index in [1.54, 1.807) is 0 Å². The minimum Gasteiger partial charge on any atom is -0.452 e. The number of sulfonamides is 1. The van der Waals surface area contributed by atoms with E-state index in [1.165, 1.54) is 55.4 Å². The van der Waals surface area contributed by atoms with Crippen LogP contribution in [0.5, 0.6) is 5.75 Å². The highest BCUT2D eigenvalue weighted by Gasteiger charge is 2.20. The van der Waals surface area contributed by atoms with E-state index in [9.17, 15) is 26.8 Å². The van der Waals surface area contributed by atoms with Crippen LogP contribution < -0.4 is 9.46 Å². The molecule has 1 N–H and O–H groups in total. The lowest BCUT2D eigenvalue weighted by atomic mass is 10.2. The number of hydrogen-bond acceptors (Lipinski definition) is 6. The highest BCUT2D eigenvalue weighted by atomic mass is 35.5. The molecule has 0 aliphatic heterocycles. The number of rotatable bonds is 9. The summed E-state index contributed by atoms with van der Waals surface area (Å²) < 4.78 is 59.4. The molecule has 2 aromatic carbocycles. The maximum absolute atomic E-state index is 12.3. The van der Waals surface area contributed by atoms with Gasteiger partial charge >= 0.3 is 12.6 Å². The number of carbonyl (C=O) groups excluding carboxylic acids is 2. The Kier molecular flexibility index (Phi) is 8.31. The van der Waals surface area contributed by atoms with Crippen LogP contribution in [0.15, 0.2) is 47.4 Å². The Labute approximate surface area is 182 Å². The molecule has 0 spiro atoms. The van der Waals surface area contributed by atoms with Crippen molar-refractivity contribution in [1.29, 1.82) is 0 Å². The SMILES string of the molecule is CNS(=O)(=O)c1ccc(Cl)c(C(=O)OCC(=O)N(C)Cc2ccc(OC(F)F)cc2)c1. The lowest BCUT2D eigenvalue weighted by Crippen LogP contribution is -2.30. The van der Waals surface area contributed by atoms with E-state index in [2.05, 4.69) is 9.46 Å². The van der Waals surface area contributed by atoms with Gasteiger partial charge in [-0.25, -0.2) is 17.9 Å². The van der Waals surface area contributed by atoms with Crippen LogP contribution in [0.2, 0.25) is 5.02 Å². The Morgan fingerprint density at radius 3 is 2.39 bits per heavy atom. The summed E-state index contributed by atoms with van der Waals surface area (Å²) >= 11 is 5.95. The fourth-order valence-corrected chi connectivity index (χ4v) is 3.35. The molecule has 0 fully saturated rings. The molecule has 0 radical (unpaired) electrons. The van der Waals surface area contributed by atoms with Crippen molar-refractivity contribution >= 4 is 33.5 Å². The Morgan fingerprint density at radius 2 is 1.81 bits per heavy atom. The van der Waals surface area contributed by atoms with Crippen molar-refractivity contribution in [3.63, 3.8) is 0 Å². The number of nitrogens with zero attached hydrogens (tertiary/aromatic N) is 1. The third-order valence-electron chi connectivity index (χ3n) is 4.06. The highest BCUT2D eigenvalue weighted by Crippen LogP contribution is 2.21. The van der Waals surface area contributed by atoms with Gasteiger partial charge in [0.2, 0.25) is 10.0 Å². The molecule has 0 saturated carbocycles. The average Bonchev–Trinajstić information content (AvgIpc) is 2.72. The number of benzene rings is 2. The molecule has 0 aliphatic carbocycles. The summed E-state index contributed by atoms with van der Waals surface area (Å²) in [6, 6.07) is 9.22. The van der Waals surface area contributed by atoms with Gasteiger partial charge in [0.15, 0.2) is 6.61 Å². The zero-order chi connectivity index (χ0) is 23.2. The number of nitrogens with one attached hydrogen (secondary N) is 1. The summed E-state index contributed by atoms with van der Waals surface area (Å²) in [5, 5.41) is -0.0352. The van der Waals surface area contributed by atoms with Crippen molar-refractivity contribution in [1.82, 2.24) is 9.62 Å². The zero-order valence-electron chi connectivity index (χ0n) is 16.5. The first-order chi connectivity index (χ1) is 14.5. The summed E-state index contributed by atoms with van der Waals surface area (Å²) in [6.45, 7) is -3.42. The molecule has 31 heavy (non-hydrogen) atoms. The summed E-state index contributed by atoms with van der Waals surface area (Å²) in [5.74, 6) is -1.52. The molecular formula is C19H19ClF2N2O6S. The van der Waals surface area contributed by atoms with E-state index in [0.717, 1.165) is 6.07 Å². The van der Waals surface area contributed by atoms with Gasteiger partial charge in [0, 0.05) is 13.6 Å². The fraction of sp³-hybridized carbons (Fsp3) is 0.263. The number of likely N-dealkylation sites (N-methyl/N-ethyl adjacent to an activating group) is 1. The van der Waals surface area contributed by atoms with Crippen LogP contribution in [-0.4, -0.2) is 52.5 Å². The molecule has 2 rings (SSSR count). The number of alkyl halides is 2. The van der Waals surface area contributed by atoms with Gasteiger partial charge in [0.05, 0.1) is 15.5 Å². The Bertz CT molecular complexity index is 1050. The molecule has 0 unspecified atom stereocenters. The largest absolute Gasteiger partial charge is 0.452 e. The highest BCUT2D eigenvalue weighted by molar-refractivity contribution is 7.89. The predicted octanol–water partition coefficient (Wildman–Crippen LogP) is 2.66. The number of halogens is 3. The monoisotopic (exact) mass is 476 g/mol. The topological polar surface area (TPSA) is 102 Å². The summed E-state index contributed by atoms with van der Waals surface area (Å²) in [6.07, 6.45) is 0. The molecule has 0 heterocycles. The first-order valence-electron chi connectivity index (χ1n) is 8.71. The molecule has 0 bridgehead atoms. The van der Waals surface area contributed by atoms with Gasteiger partial charge in [-0.05, 0) is 42.9 Å². The van der Waals surface area contributed by atoms with Crippen molar-refractivity contribution < 1.29 is 36.3 Å². The molecular weight excluding hydrogens is 458 g/mol. The molecule has 0 aromatic heterocycles. The van der Waals surface area contributed by atoms with E-state index < -0.39 is 35.1 Å². The second kappa shape index (κ2) is 10.5. The first kappa shape index (κ1) is 24.5. The molecule has 12 heteroatoms. The predicted molar refractivity (Wildman–Crippen MR) is 108 cm³/mol. The lowest BCUT2D eigenvalue weighted by molar-refractivity contribution is -0.133. The van der Waals surface area contributed by atoms with Crippen molar-refractivity contribution in [2.24, 2.45) is 0 Å². The van der Waals surface area contributed by atoms with E-state index in [0.29, 0.717) is 5.56 Å². The Hall–Kier alpha value is -2.76. The second-order valence-electron chi connectivity index (χ2n) is 6.20. The van der Waals surface area contributed by atoms with Gasteiger partial charge in [0.25, 0.3) is 5.91 Å². The third-order valence-corrected chi connectivity index (χ3v) is 5.80. The molecule has 0 saturated heterocycles. The number of carbonyl (C=O) groups is 2. The van der Waals surface area contributed by atoms with Crippen LogP contribution in [0.1, 0.15) is 15.9 Å². The number of esters is 1. The minimum atomic E-state index is -3.80. The molecule has 168 valence electrons. The molecule has 1 amide bonds. The fourth-order valence-electron chi connectivity index (χ4n) is 2.40. The van der Waals surface area contributed by atoms with Gasteiger partial charge in [0.1, 0.15) is 5.75 Å². The second-order valence-corrected chi connectivity index (χ2v) is 8.49. The quantitative estimate of drug-likeness (QED) is 0.558. The van der Waals surface area contributed by atoms with Crippen molar-refractivity contribution in [2.45, 2.75) is 18.1 Å². The minimum absolute atomic E-state index is 0.0129. The summed E-state index contributed by atoms with van der Waals surface area (Å²) in [4.78, 5) is 25.6. The molecule has 2 aromatic rings. The molecule has 0 atom stereocenters. The van der Waals surface area contributed by atoms with Crippen LogP contribution in [0, 0.1) is 0 Å².